The molecule has 24 heavy (non-hydrogen) atoms. The van der Waals surface area contributed by atoms with Crippen molar-refractivity contribution in [2.24, 2.45) is 0 Å². The van der Waals surface area contributed by atoms with Gasteiger partial charge < -0.3 is 10.6 Å². The zero-order chi connectivity index (χ0) is 17.9. The van der Waals surface area contributed by atoms with Gasteiger partial charge in [-0.2, -0.15) is 18.3 Å². The topological polar surface area (TPSA) is 76.0 Å². The van der Waals surface area contributed by atoms with Crippen LogP contribution in [-0.4, -0.2) is 21.6 Å². The number of halogens is 3. The van der Waals surface area contributed by atoms with Gasteiger partial charge in [-0.25, -0.2) is 0 Å². The number of aromatic nitrogens is 2. The molecule has 128 valence electrons. The van der Waals surface area contributed by atoms with Crippen LogP contribution in [0.5, 0.6) is 0 Å². The number of rotatable bonds is 4. The molecule has 1 aromatic carbocycles. The molecule has 0 bridgehead atoms. The van der Waals surface area contributed by atoms with Gasteiger partial charge in [-0.05, 0) is 30.7 Å². The third-order valence-electron chi connectivity index (χ3n) is 3.16. The maximum Gasteiger partial charge on any atom is 0.435 e. The maximum atomic E-state index is 12.5. The van der Waals surface area contributed by atoms with Gasteiger partial charge in [0.15, 0.2) is 5.69 Å². The zero-order valence-electron chi connectivity index (χ0n) is 12.9. The molecule has 2 aromatic rings. The number of nitrogens with zero attached hydrogens (tertiary/aromatic N) is 2. The molecule has 0 aliphatic heterocycles. The molecule has 0 unspecified atom stereocenters. The highest BCUT2D eigenvalue weighted by atomic mass is 19.4. The average molecular weight is 340 g/mol. The lowest BCUT2D eigenvalue weighted by atomic mass is 10.1. The Morgan fingerprint density at radius 1 is 1.17 bits per heavy atom. The number of carbonyl (C=O) groups excluding carboxylic acids is 2. The number of anilines is 2. The van der Waals surface area contributed by atoms with Crippen molar-refractivity contribution >= 4 is 23.2 Å². The van der Waals surface area contributed by atoms with Gasteiger partial charge in [-0.15, -0.1) is 0 Å². The Morgan fingerprint density at radius 2 is 1.79 bits per heavy atom. The van der Waals surface area contributed by atoms with E-state index in [1.54, 1.807) is 25.1 Å². The number of hydrogen-bond acceptors (Lipinski definition) is 3. The first-order valence-electron chi connectivity index (χ1n) is 6.94. The molecule has 0 atom stereocenters. The summed E-state index contributed by atoms with van der Waals surface area (Å²) < 4.78 is 38.3. The molecule has 0 spiro atoms. The summed E-state index contributed by atoms with van der Waals surface area (Å²) >= 11 is 0. The summed E-state index contributed by atoms with van der Waals surface area (Å²) in [5.74, 6) is -0.785. The van der Waals surface area contributed by atoms with Gasteiger partial charge >= 0.3 is 6.18 Å². The van der Waals surface area contributed by atoms with Crippen LogP contribution in [0, 0.1) is 6.92 Å². The zero-order valence-corrected chi connectivity index (χ0v) is 12.9. The smallest absolute Gasteiger partial charge is 0.326 e. The fourth-order valence-corrected chi connectivity index (χ4v) is 2.03. The van der Waals surface area contributed by atoms with Crippen LogP contribution >= 0.6 is 0 Å². The third kappa shape index (κ3) is 4.34. The van der Waals surface area contributed by atoms with Gasteiger partial charge in [-0.3, -0.25) is 14.3 Å². The second kappa shape index (κ2) is 6.73. The molecule has 0 saturated carbocycles. The molecule has 0 saturated heterocycles. The predicted molar refractivity (Wildman–Crippen MR) is 81.3 cm³/mol. The second-order valence-electron chi connectivity index (χ2n) is 5.10. The Hall–Kier alpha value is -2.84. The first-order chi connectivity index (χ1) is 11.2. The van der Waals surface area contributed by atoms with Crippen LogP contribution in [0.3, 0.4) is 0 Å². The highest BCUT2D eigenvalue weighted by Crippen LogP contribution is 2.27. The summed E-state index contributed by atoms with van der Waals surface area (Å²) in [4.78, 5) is 23.1. The van der Waals surface area contributed by atoms with Crippen LogP contribution in [0.25, 0.3) is 0 Å². The summed E-state index contributed by atoms with van der Waals surface area (Å²) in [5, 5.41) is 8.53. The van der Waals surface area contributed by atoms with Gasteiger partial charge in [0.25, 0.3) is 0 Å². The quantitative estimate of drug-likeness (QED) is 0.899. The SMILES string of the molecule is CC(=O)Nc1cccc(NC(=O)Cn2ccc(C(F)(F)F)n2)c1C. The first-order valence-corrected chi connectivity index (χ1v) is 6.94. The monoisotopic (exact) mass is 340 g/mol. The minimum Gasteiger partial charge on any atom is -0.326 e. The minimum atomic E-state index is -4.55. The fraction of sp³-hybridized carbons (Fsp3) is 0.267. The van der Waals surface area contributed by atoms with Crippen LogP contribution in [0.1, 0.15) is 18.2 Å². The molecule has 9 heteroatoms. The van der Waals surface area contributed by atoms with E-state index in [1.807, 2.05) is 0 Å². The first kappa shape index (κ1) is 17.5. The Kier molecular flexibility index (Phi) is 4.91. The highest BCUT2D eigenvalue weighted by Gasteiger charge is 2.33. The van der Waals surface area contributed by atoms with Gasteiger partial charge in [-0.1, -0.05) is 6.07 Å². The summed E-state index contributed by atoms with van der Waals surface area (Å²) in [5.41, 5.74) is 0.574. The van der Waals surface area contributed by atoms with Crippen molar-refractivity contribution < 1.29 is 22.8 Å². The van der Waals surface area contributed by atoms with E-state index >= 15 is 0 Å². The lowest BCUT2D eigenvalue weighted by Crippen LogP contribution is -2.20. The Bertz CT molecular complexity index is 768. The van der Waals surface area contributed by atoms with E-state index in [1.165, 1.54) is 6.92 Å². The van der Waals surface area contributed by atoms with Crippen LogP contribution in [-0.2, 0) is 22.3 Å². The molecule has 2 N–H and O–H groups in total. The summed E-state index contributed by atoms with van der Waals surface area (Å²) in [6.07, 6.45) is -3.46. The molecule has 1 aromatic heterocycles. The summed E-state index contributed by atoms with van der Waals surface area (Å²) in [6.45, 7) is 2.71. The van der Waals surface area contributed by atoms with Crippen molar-refractivity contribution in [3.63, 3.8) is 0 Å². The Morgan fingerprint density at radius 3 is 2.33 bits per heavy atom. The summed E-state index contributed by atoms with van der Waals surface area (Å²) in [6, 6.07) is 5.75. The van der Waals surface area contributed by atoms with Crippen molar-refractivity contribution in [2.75, 3.05) is 10.6 Å². The average Bonchev–Trinajstić information content (AvgIpc) is 2.91. The molecule has 0 aliphatic rings. The van der Waals surface area contributed by atoms with Crippen molar-refractivity contribution in [1.29, 1.82) is 0 Å². The van der Waals surface area contributed by atoms with Crippen molar-refractivity contribution in [3.05, 3.63) is 41.7 Å². The standard InChI is InChI=1S/C15H15F3N4O2/c1-9-11(19-10(2)23)4-3-5-12(9)20-14(24)8-22-7-6-13(21-22)15(16,17)18/h3-7H,8H2,1-2H3,(H,19,23)(H,20,24). The van der Waals surface area contributed by atoms with E-state index in [0.29, 0.717) is 16.9 Å². The number of nitrogens with one attached hydrogen (secondary N) is 2. The van der Waals surface area contributed by atoms with Crippen LogP contribution < -0.4 is 10.6 Å². The largest absolute Gasteiger partial charge is 0.435 e. The number of benzene rings is 1. The van der Waals surface area contributed by atoms with E-state index in [-0.39, 0.29) is 12.5 Å². The third-order valence-corrected chi connectivity index (χ3v) is 3.16. The second-order valence-corrected chi connectivity index (χ2v) is 5.10. The fourth-order valence-electron chi connectivity index (χ4n) is 2.03. The minimum absolute atomic E-state index is 0.252. The van der Waals surface area contributed by atoms with Gasteiger partial charge in [0.2, 0.25) is 11.8 Å². The summed E-state index contributed by atoms with van der Waals surface area (Å²) in [7, 11) is 0. The highest BCUT2D eigenvalue weighted by molar-refractivity contribution is 5.94. The van der Waals surface area contributed by atoms with Crippen molar-refractivity contribution in [2.45, 2.75) is 26.6 Å². The molecular weight excluding hydrogens is 325 g/mol. The van der Waals surface area contributed by atoms with Crippen LogP contribution in [0.15, 0.2) is 30.5 Å². The van der Waals surface area contributed by atoms with Crippen LogP contribution in [0.4, 0.5) is 24.5 Å². The van der Waals surface area contributed by atoms with E-state index < -0.39 is 17.8 Å². The molecule has 2 rings (SSSR count). The predicted octanol–water partition coefficient (Wildman–Crippen LogP) is 2.81. The molecular formula is C15H15F3N4O2. The van der Waals surface area contributed by atoms with E-state index in [4.69, 9.17) is 0 Å². The number of carbonyl (C=O) groups is 2. The number of alkyl halides is 3. The lowest BCUT2D eigenvalue weighted by Gasteiger charge is -2.12. The molecule has 1 heterocycles. The van der Waals surface area contributed by atoms with Crippen LogP contribution in [0.2, 0.25) is 0 Å². The van der Waals surface area contributed by atoms with Crippen molar-refractivity contribution in [1.82, 2.24) is 9.78 Å². The van der Waals surface area contributed by atoms with Gasteiger partial charge in [0.1, 0.15) is 6.54 Å². The van der Waals surface area contributed by atoms with E-state index in [0.717, 1.165) is 16.9 Å². The van der Waals surface area contributed by atoms with Gasteiger partial charge in [0.05, 0.1) is 0 Å². The Labute approximate surface area is 135 Å². The lowest BCUT2D eigenvalue weighted by molar-refractivity contribution is -0.141. The number of hydrogen-bond donors (Lipinski definition) is 2. The normalized spacial score (nSPS) is 11.2. The maximum absolute atomic E-state index is 12.5. The number of amides is 2. The molecule has 2 amide bonds. The van der Waals surface area contributed by atoms with E-state index in [9.17, 15) is 22.8 Å². The molecule has 6 nitrogen and oxygen atoms in total. The molecule has 0 aliphatic carbocycles. The van der Waals surface area contributed by atoms with Gasteiger partial charge in [0, 0.05) is 24.5 Å². The molecule has 0 radical (unpaired) electrons. The molecule has 0 fully saturated rings. The van der Waals surface area contributed by atoms with E-state index in [2.05, 4.69) is 15.7 Å². The van der Waals surface area contributed by atoms with Crippen molar-refractivity contribution in [3.8, 4) is 0 Å². The Balaban J connectivity index is 2.07.